The number of halogens is 2. The van der Waals surface area contributed by atoms with Gasteiger partial charge in [0.25, 0.3) is 0 Å². The molecule has 2 rings (SSSR count). The van der Waals surface area contributed by atoms with E-state index < -0.39 is 0 Å². The molecular weight excluding hydrogens is 245 g/mol. The molecule has 2 nitrogen and oxygen atoms in total. The van der Waals surface area contributed by atoms with Gasteiger partial charge in [-0.1, -0.05) is 29.6 Å². The lowest BCUT2D eigenvalue weighted by molar-refractivity contribution is 0.0913. The van der Waals surface area contributed by atoms with Crippen LogP contribution in [0.5, 0.6) is 0 Å². The van der Waals surface area contributed by atoms with Crippen LogP contribution in [0.2, 0.25) is 10.0 Å². The third-order valence-electron chi connectivity index (χ3n) is 3.10. The first-order valence-electron chi connectivity index (χ1n) is 5.34. The van der Waals surface area contributed by atoms with Crippen LogP contribution in [0.25, 0.3) is 0 Å². The van der Waals surface area contributed by atoms with E-state index in [0.717, 1.165) is 19.3 Å². The molecule has 1 aliphatic carbocycles. The number of carbonyl (C=O) groups is 1. The molecule has 1 aromatic rings. The molecule has 86 valence electrons. The van der Waals surface area contributed by atoms with E-state index in [9.17, 15) is 4.79 Å². The number of hydrogen-bond acceptors (Lipinski definition) is 2. The topological polar surface area (TPSA) is 43.1 Å². The predicted octanol–water partition coefficient (Wildman–Crippen LogP) is 3.30. The average Bonchev–Trinajstić information content (AvgIpc) is 2.67. The van der Waals surface area contributed by atoms with Gasteiger partial charge < -0.3 is 5.73 Å². The molecule has 2 unspecified atom stereocenters. The van der Waals surface area contributed by atoms with E-state index in [1.807, 2.05) is 0 Å². The smallest absolute Gasteiger partial charge is 0.169 e. The summed E-state index contributed by atoms with van der Waals surface area (Å²) in [6, 6.07) is 4.91. The fourth-order valence-electron chi connectivity index (χ4n) is 2.20. The summed E-state index contributed by atoms with van der Waals surface area (Å²) in [6.07, 6.45) is 2.77. The zero-order valence-corrected chi connectivity index (χ0v) is 10.3. The number of nitrogens with two attached hydrogens (primary N) is 1. The van der Waals surface area contributed by atoms with Crippen molar-refractivity contribution < 1.29 is 4.79 Å². The molecule has 16 heavy (non-hydrogen) atoms. The number of Topliss-reactive ketones (excluding diaryl/α,β-unsaturated/α-hetero) is 1. The van der Waals surface area contributed by atoms with Crippen LogP contribution in [-0.2, 0) is 0 Å². The number of ketones is 1. The maximum Gasteiger partial charge on any atom is 0.169 e. The van der Waals surface area contributed by atoms with E-state index in [-0.39, 0.29) is 17.7 Å². The van der Waals surface area contributed by atoms with Crippen LogP contribution in [0.4, 0.5) is 0 Å². The molecule has 0 aliphatic heterocycles. The number of hydrogen-bond donors (Lipinski definition) is 1. The summed E-state index contributed by atoms with van der Waals surface area (Å²) >= 11 is 11.9. The van der Waals surface area contributed by atoms with Gasteiger partial charge in [0.1, 0.15) is 0 Å². The summed E-state index contributed by atoms with van der Waals surface area (Å²) in [5, 5.41) is 0.979. The van der Waals surface area contributed by atoms with Gasteiger partial charge in [-0.15, -0.1) is 0 Å². The first kappa shape index (κ1) is 11.9. The van der Waals surface area contributed by atoms with Crippen LogP contribution >= 0.6 is 23.2 Å². The van der Waals surface area contributed by atoms with E-state index >= 15 is 0 Å². The molecule has 0 saturated heterocycles. The molecule has 0 bridgehead atoms. The third-order valence-corrected chi connectivity index (χ3v) is 3.66. The van der Waals surface area contributed by atoms with E-state index in [4.69, 9.17) is 28.9 Å². The highest BCUT2D eigenvalue weighted by Crippen LogP contribution is 2.30. The van der Waals surface area contributed by atoms with Crippen molar-refractivity contribution in [2.75, 3.05) is 0 Å². The molecule has 1 fully saturated rings. The van der Waals surface area contributed by atoms with Crippen molar-refractivity contribution >= 4 is 29.0 Å². The SMILES string of the molecule is NC1CCCC1C(=O)c1cc(Cl)ccc1Cl. The fourth-order valence-corrected chi connectivity index (χ4v) is 2.58. The Labute approximate surface area is 105 Å². The minimum atomic E-state index is -0.101. The zero-order chi connectivity index (χ0) is 11.7. The molecule has 0 radical (unpaired) electrons. The lowest BCUT2D eigenvalue weighted by Gasteiger charge is -2.14. The Morgan fingerprint density at radius 1 is 1.31 bits per heavy atom. The first-order valence-corrected chi connectivity index (χ1v) is 6.10. The Bertz CT molecular complexity index is 419. The highest BCUT2D eigenvalue weighted by molar-refractivity contribution is 6.36. The van der Waals surface area contributed by atoms with Crippen LogP contribution in [0.3, 0.4) is 0 Å². The molecule has 0 heterocycles. The second-order valence-corrected chi connectivity index (χ2v) is 5.03. The lowest BCUT2D eigenvalue weighted by atomic mass is 9.93. The standard InChI is InChI=1S/C12H13Cl2NO/c13-7-4-5-10(14)9(6-7)12(16)8-2-1-3-11(8)15/h4-6,8,11H,1-3,15H2. The minimum Gasteiger partial charge on any atom is -0.327 e. The zero-order valence-electron chi connectivity index (χ0n) is 8.75. The second-order valence-electron chi connectivity index (χ2n) is 4.19. The van der Waals surface area contributed by atoms with Crippen molar-refractivity contribution in [2.45, 2.75) is 25.3 Å². The van der Waals surface area contributed by atoms with Crippen LogP contribution in [0.1, 0.15) is 29.6 Å². The van der Waals surface area contributed by atoms with Crippen LogP contribution in [0, 0.1) is 5.92 Å². The Morgan fingerprint density at radius 3 is 2.69 bits per heavy atom. The molecule has 4 heteroatoms. The maximum atomic E-state index is 12.2. The Balaban J connectivity index is 2.29. The van der Waals surface area contributed by atoms with Crippen molar-refractivity contribution in [3.63, 3.8) is 0 Å². The van der Waals surface area contributed by atoms with Crippen molar-refractivity contribution in [1.82, 2.24) is 0 Å². The van der Waals surface area contributed by atoms with Crippen molar-refractivity contribution in [2.24, 2.45) is 11.7 Å². The summed E-state index contributed by atoms with van der Waals surface area (Å²) in [4.78, 5) is 12.2. The van der Waals surface area contributed by atoms with E-state index in [0.29, 0.717) is 15.6 Å². The Morgan fingerprint density at radius 2 is 2.06 bits per heavy atom. The molecule has 1 aliphatic rings. The van der Waals surface area contributed by atoms with Crippen LogP contribution < -0.4 is 5.73 Å². The summed E-state index contributed by atoms with van der Waals surface area (Å²) in [5.41, 5.74) is 6.41. The number of benzene rings is 1. The highest BCUT2D eigenvalue weighted by atomic mass is 35.5. The van der Waals surface area contributed by atoms with Crippen molar-refractivity contribution in [3.05, 3.63) is 33.8 Å². The number of rotatable bonds is 2. The Kier molecular flexibility index (Phi) is 3.53. The number of carbonyl (C=O) groups excluding carboxylic acids is 1. The van der Waals surface area contributed by atoms with Crippen LogP contribution in [0.15, 0.2) is 18.2 Å². The van der Waals surface area contributed by atoms with E-state index in [2.05, 4.69) is 0 Å². The highest BCUT2D eigenvalue weighted by Gasteiger charge is 2.31. The molecule has 2 atom stereocenters. The van der Waals surface area contributed by atoms with Crippen molar-refractivity contribution in [3.8, 4) is 0 Å². The summed E-state index contributed by atoms with van der Waals surface area (Å²) in [7, 11) is 0. The van der Waals surface area contributed by atoms with Gasteiger partial charge in [0, 0.05) is 22.5 Å². The van der Waals surface area contributed by atoms with E-state index in [1.165, 1.54) is 0 Å². The van der Waals surface area contributed by atoms with Gasteiger partial charge in [-0.25, -0.2) is 0 Å². The van der Waals surface area contributed by atoms with Gasteiger partial charge >= 0.3 is 0 Å². The minimum absolute atomic E-state index is 0.0255. The summed E-state index contributed by atoms with van der Waals surface area (Å²) in [6.45, 7) is 0. The molecule has 0 amide bonds. The molecule has 0 spiro atoms. The van der Waals surface area contributed by atoms with Gasteiger partial charge in [-0.2, -0.15) is 0 Å². The van der Waals surface area contributed by atoms with Gasteiger partial charge in [0.05, 0.1) is 5.02 Å². The average molecular weight is 258 g/mol. The van der Waals surface area contributed by atoms with E-state index in [1.54, 1.807) is 18.2 Å². The summed E-state index contributed by atoms with van der Waals surface area (Å²) < 4.78 is 0. The monoisotopic (exact) mass is 257 g/mol. The molecule has 2 N–H and O–H groups in total. The molecule has 1 aromatic carbocycles. The molecular formula is C12H13Cl2NO. The van der Waals surface area contributed by atoms with Gasteiger partial charge in [-0.3, -0.25) is 4.79 Å². The third kappa shape index (κ3) is 2.24. The quantitative estimate of drug-likeness (QED) is 0.827. The predicted molar refractivity (Wildman–Crippen MR) is 66.1 cm³/mol. The molecule has 0 aromatic heterocycles. The van der Waals surface area contributed by atoms with Gasteiger partial charge in [-0.05, 0) is 31.0 Å². The first-order chi connectivity index (χ1) is 7.59. The lowest BCUT2D eigenvalue weighted by Crippen LogP contribution is -2.30. The summed E-state index contributed by atoms with van der Waals surface area (Å²) in [5.74, 6) is -0.0755. The second kappa shape index (κ2) is 4.74. The fraction of sp³-hybridized carbons (Fsp3) is 0.417. The van der Waals surface area contributed by atoms with Gasteiger partial charge in [0.15, 0.2) is 5.78 Å². The normalized spacial score (nSPS) is 24.7. The van der Waals surface area contributed by atoms with Gasteiger partial charge in [0.2, 0.25) is 0 Å². The largest absolute Gasteiger partial charge is 0.327 e. The van der Waals surface area contributed by atoms with Crippen molar-refractivity contribution in [1.29, 1.82) is 0 Å². The Hall–Kier alpha value is -0.570. The maximum absolute atomic E-state index is 12.2. The molecule has 1 saturated carbocycles. The van der Waals surface area contributed by atoms with Crippen LogP contribution in [-0.4, -0.2) is 11.8 Å².